The highest BCUT2D eigenvalue weighted by Gasteiger charge is 2.49. The Balaban J connectivity index is 1.33. The van der Waals surface area contributed by atoms with Crippen molar-refractivity contribution in [2.75, 3.05) is 13.1 Å². The van der Waals surface area contributed by atoms with Gasteiger partial charge in [-0.3, -0.25) is 4.79 Å². The molecule has 1 spiro atoms. The zero-order chi connectivity index (χ0) is 18.4. The van der Waals surface area contributed by atoms with E-state index in [9.17, 15) is 9.59 Å². The van der Waals surface area contributed by atoms with Crippen molar-refractivity contribution in [2.45, 2.75) is 36.9 Å². The minimum absolute atomic E-state index is 0.0704. The topological polar surface area (TPSA) is 70.7 Å². The van der Waals surface area contributed by atoms with Crippen molar-refractivity contribution in [3.05, 3.63) is 57.8 Å². The molecule has 1 aromatic carbocycles. The van der Waals surface area contributed by atoms with Crippen LogP contribution in [0.2, 0.25) is 0 Å². The number of carbonyl (C=O) groups is 2. The van der Waals surface area contributed by atoms with Crippen LogP contribution >= 0.6 is 11.3 Å². The molecule has 3 aliphatic heterocycles. The van der Waals surface area contributed by atoms with Crippen molar-refractivity contribution < 1.29 is 14.3 Å². The molecule has 3 atom stereocenters. The third kappa shape index (κ3) is 2.77. The zero-order valence-corrected chi connectivity index (χ0v) is 15.6. The van der Waals surface area contributed by atoms with Gasteiger partial charge >= 0.3 is 5.97 Å². The molecule has 140 valence electrons. The summed E-state index contributed by atoms with van der Waals surface area (Å²) in [6.07, 6.45) is 2.30. The Morgan fingerprint density at radius 3 is 2.96 bits per heavy atom. The Labute approximate surface area is 161 Å². The quantitative estimate of drug-likeness (QED) is 0.779. The maximum absolute atomic E-state index is 13.1. The first kappa shape index (κ1) is 16.9. The summed E-state index contributed by atoms with van der Waals surface area (Å²) >= 11 is 1.69. The van der Waals surface area contributed by atoms with Gasteiger partial charge in [0.25, 0.3) is 0 Å². The number of hydrazine groups is 1. The number of hydrogen-bond donors (Lipinski definition) is 2. The number of likely N-dealkylation sites (tertiary alicyclic amines) is 1. The number of hydrogen-bond acceptors (Lipinski definition) is 6. The molecule has 0 aliphatic carbocycles. The summed E-state index contributed by atoms with van der Waals surface area (Å²) < 4.78 is 5.82. The fourth-order valence-corrected chi connectivity index (χ4v) is 5.26. The van der Waals surface area contributed by atoms with Gasteiger partial charge in [-0.15, -0.1) is 11.3 Å². The van der Waals surface area contributed by atoms with Crippen LogP contribution in [-0.2, 0) is 15.1 Å². The Morgan fingerprint density at radius 1 is 1.22 bits per heavy atom. The summed E-state index contributed by atoms with van der Waals surface area (Å²) in [6, 6.07) is 11.5. The predicted octanol–water partition coefficient (Wildman–Crippen LogP) is 2.34. The van der Waals surface area contributed by atoms with Gasteiger partial charge in [-0.1, -0.05) is 24.3 Å². The second-order valence-electron chi connectivity index (χ2n) is 7.44. The lowest BCUT2D eigenvalue weighted by Gasteiger charge is -2.40. The first-order valence-corrected chi connectivity index (χ1v) is 10.2. The normalized spacial score (nSPS) is 29.8. The van der Waals surface area contributed by atoms with E-state index < -0.39 is 5.60 Å². The first-order valence-electron chi connectivity index (χ1n) is 9.32. The second kappa shape index (κ2) is 6.44. The van der Waals surface area contributed by atoms with Crippen LogP contribution in [0.5, 0.6) is 0 Å². The standard InChI is InChI=1S/C20H21N3O3S/c24-18(16-11-15(21-22-16)17-7-3-10-27-17)23-9-4-8-20(12-23)14-6-2-1-5-13(14)19(25)26-20/h1-3,5-7,10,15-16,21-22H,4,8-9,11-12H2. The smallest absolute Gasteiger partial charge is 0.339 e. The molecule has 7 heteroatoms. The number of rotatable bonds is 2. The Bertz CT molecular complexity index is 884. The number of nitrogens with one attached hydrogen (secondary N) is 2. The van der Waals surface area contributed by atoms with Crippen molar-refractivity contribution in [1.29, 1.82) is 0 Å². The van der Waals surface area contributed by atoms with Crippen molar-refractivity contribution in [3.63, 3.8) is 0 Å². The molecule has 0 radical (unpaired) electrons. The maximum Gasteiger partial charge on any atom is 0.339 e. The average Bonchev–Trinajstić information content (AvgIpc) is 3.42. The molecule has 3 aliphatic rings. The molecule has 2 saturated heterocycles. The van der Waals surface area contributed by atoms with Crippen molar-refractivity contribution in [3.8, 4) is 0 Å². The molecular weight excluding hydrogens is 362 g/mol. The van der Waals surface area contributed by atoms with Gasteiger partial charge in [-0.2, -0.15) is 0 Å². The van der Waals surface area contributed by atoms with Crippen LogP contribution in [0.1, 0.15) is 46.1 Å². The van der Waals surface area contributed by atoms with Gasteiger partial charge in [0.2, 0.25) is 5.91 Å². The molecule has 3 unspecified atom stereocenters. The lowest BCUT2D eigenvalue weighted by molar-refractivity contribution is -0.140. The lowest BCUT2D eigenvalue weighted by Crippen LogP contribution is -2.53. The van der Waals surface area contributed by atoms with E-state index in [1.165, 1.54) is 4.88 Å². The van der Waals surface area contributed by atoms with E-state index in [1.54, 1.807) is 17.4 Å². The SMILES string of the molecule is O=C1OC2(CCCN(C(=O)C3CC(c4cccs4)NN3)C2)c2ccccc21. The van der Waals surface area contributed by atoms with Gasteiger partial charge in [0.1, 0.15) is 6.04 Å². The summed E-state index contributed by atoms with van der Waals surface area (Å²) in [5.41, 5.74) is 7.25. The highest BCUT2D eigenvalue weighted by atomic mass is 32.1. The Kier molecular flexibility index (Phi) is 4.03. The summed E-state index contributed by atoms with van der Waals surface area (Å²) in [5.74, 6) is -0.209. The predicted molar refractivity (Wildman–Crippen MR) is 101 cm³/mol. The van der Waals surface area contributed by atoms with E-state index in [2.05, 4.69) is 16.9 Å². The monoisotopic (exact) mass is 383 g/mol. The van der Waals surface area contributed by atoms with E-state index in [-0.39, 0.29) is 24.0 Å². The number of ether oxygens (including phenoxy) is 1. The van der Waals surface area contributed by atoms with E-state index in [4.69, 9.17) is 4.74 Å². The highest BCUT2D eigenvalue weighted by Crippen LogP contribution is 2.43. The van der Waals surface area contributed by atoms with E-state index in [0.29, 0.717) is 18.7 Å². The molecule has 1 aromatic heterocycles. The third-order valence-electron chi connectivity index (χ3n) is 5.78. The van der Waals surface area contributed by atoms with Gasteiger partial charge < -0.3 is 9.64 Å². The molecule has 5 rings (SSSR count). The molecule has 2 N–H and O–H groups in total. The molecule has 6 nitrogen and oxygen atoms in total. The zero-order valence-electron chi connectivity index (χ0n) is 14.8. The Hall–Kier alpha value is -2.22. The second-order valence-corrected chi connectivity index (χ2v) is 8.42. The number of thiophene rings is 1. The summed E-state index contributed by atoms with van der Waals surface area (Å²) in [4.78, 5) is 28.5. The molecule has 0 saturated carbocycles. The highest BCUT2D eigenvalue weighted by molar-refractivity contribution is 7.10. The largest absolute Gasteiger partial charge is 0.449 e. The lowest BCUT2D eigenvalue weighted by atomic mass is 9.84. The van der Waals surface area contributed by atoms with Crippen LogP contribution in [-0.4, -0.2) is 35.9 Å². The van der Waals surface area contributed by atoms with Crippen LogP contribution in [0, 0.1) is 0 Å². The number of esters is 1. The van der Waals surface area contributed by atoms with Crippen LogP contribution in [0.4, 0.5) is 0 Å². The van der Waals surface area contributed by atoms with Crippen LogP contribution in [0.25, 0.3) is 0 Å². The van der Waals surface area contributed by atoms with Gasteiger partial charge in [0.15, 0.2) is 5.60 Å². The van der Waals surface area contributed by atoms with Gasteiger partial charge in [-0.05, 0) is 36.8 Å². The first-order chi connectivity index (χ1) is 13.2. The summed E-state index contributed by atoms with van der Waals surface area (Å²) in [6.45, 7) is 1.12. The van der Waals surface area contributed by atoms with Gasteiger partial charge in [-0.25, -0.2) is 15.6 Å². The number of nitrogens with zero attached hydrogens (tertiary/aromatic N) is 1. The Morgan fingerprint density at radius 2 is 2.11 bits per heavy atom. The van der Waals surface area contributed by atoms with E-state index in [0.717, 1.165) is 24.8 Å². The number of fused-ring (bicyclic) bond motifs is 2. The van der Waals surface area contributed by atoms with Gasteiger partial charge in [0.05, 0.1) is 18.2 Å². The molecule has 2 aromatic rings. The number of amides is 1. The maximum atomic E-state index is 13.1. The fraction of sp³-hybridized carbons (Fsp3) is 0.400. The molecular formula is C20H21N3O3S. The van der Waals surface area contributed by atoms with Crippen LogP contribution in [0.15, 0.2) is 41.8 Å². The van der Waals surface area contributed by atoms with E-state index in [1.807, 2.05) is 34.5 Å². The minimum atomic E-state index is -0.694. The molecule has 4 heterocycles. The molecule has 0 bridgehead atoms. The molecule has 2 fully saturated rings. The van der Waals surface area contributed by atoms with Crippen LogP contribution < -0.4 is 10.9 Å². The van der Waals surface area contributed by atoms with Gasteiger partial charge in [0, 0.05) is 17.0 Å². The minimum Gasteiger partial charge on any atom is -0.449 e. The molecule has 27 heavy (non-hydrogen) atoms. The fourth-order valence-electron chi connectivity index (χ4n) is 4.47. The summed E-state index contributed by atoms with van der Waals surface area (Å²) in [7, 11) is 0. The number of benzene rings is 1. The molecule has 1 amide bonds. The third-order valence-corrected chi connectivity index (χ3v) is 6.77. The average molecular weight is 383 g/mol. The van der Waals surface area contributed by atoms with Crippen LogP contribution in [0.3, 0.4) is 0 Å². The van der Waals surface area contributed by atoms with Crippen molar-refractivity contribution in [1.82, 2.24) is 15.8 Å². The van der Waals surface area contributed by atoms with Crippen molar-refractivity contribution >= 4 is 23.2 Å². The van der Waals surface area contributed by atoms with E-state index >= 15 is 0 Å². The number of piperidine rings is 1. The van der Waals surface area contributed by atoms with Crippen molar-refractivity contribution in [2.24, 2.45) is 0 Å². The number of carbonyl (C=O) groups excluding carboxylic acids is 2. The summed E-state index contributed by atoms with van der Waals surface area (Å²) in [5, 5.41) is 2.05.